The van der Waals surface area contributed by atoms with Gasteiger partial charge in [0, 0.05) is 30.9 Å². The van der Waals surface area contributed by atoms with Gasteiger partial charge in [0.25, 0.3) is 5.91 Å². The second kappa shape index (κ2) is 9.39. The number of carbonyl (C=O) groups is 1. The summed E-state index contributed by atoms with van der Waals surface area (Å²) >= 11 is 0. The molecule has 106 valence electrons. The summed E-state index contributed by atoms with van der Waals surface area (Å²) in [5.74, 6) is -0.0917. The predicted molar refractivity (Wildman–Crippen MR) is 78.5 cm³/mol. The third-order valence-corrected chi connectivity index (χ3v) is 2.88. The summed E-state index contributed by atoms with van der Waals surface area (Å²) in [4.78, 5) is 11.7. The summed E-state index contributed by atoms with van der Waals surface area (Å²) in [6.07, 6.45) is 4.20. The van der Waals surface area contributed by atoms with Crippen molar-refractivity contribution in [2.45, 2.75) is 32.6 Å². The minimum Gasteiger partial charge on any atom is -0.396 e. The third-order valence-electron chi connectivity index (χ3n) is 2.88. The number of unbranched alkanes of at least 4 members (excludes halogenated alkanes) is 2. The molecular formula is C15H24N2O2. The molecule has 0 aliphatic rings. The fourth-order valence-electron chi connectivity index (χ4n) is 1.73. The summed E-state index contributed by atoms with van der Waals surface area (Å²) in [6.45, 7) is 3.76. The van der Waals surface area contributed by atoms with Crippen LogP contribution in [0.3, 0.4) is 0 Å². The zero-order valence-corrected chi connectivity index (χ0v) is 11.6. The van der Waals surface area contributed by atoms with Gasteiger partial charge in [0.2, 0.25) is 0 Å². The van der Waals surface area contributed by atoms with Crippen LogP contribution in [0.15, 0.2) is 24.3 Å². The van der Waals surface area contributed by atoms with Gasteiger partial charge in [0.1, 0.15) is 0 Å². The molecular weight excluding hydrogens is 240 g/mol. The highest BCUT2D eigenvalue weighted by molar-refractivity contribution is 5.94. The van der Waals surface area contributed by atoms with Crippen molar-refractivity contribution in [3.8, 4) is 0 Å². The molecule has 1 aromatic carbocycles. The van der Waals surface area contributed by atoms with E-state index in [9.17, 15) is 4.79 Å². The van der Waals surface area contributed by atoms with Gasteiger partial charge in [0.15, 0.2) is 0 Å². The highest BCUT2D eigenvalue weighted by Crippen LogP contribution is 2.10. The number of aliphatic hydroxyl groups is 1. The first-order valence-electron chi connectivity index (χ1n) is 7.01. The van der Waals surface area contributed by atoms with Crippen LogP contribution < -0.4 is 10.6 Å². The van der Waals surface area contributed by atoms with Gasteiger partial charge in [-0.05, 0) is 37.1 Å². The van der Waals surface area contributed by atoms with Crippen molar-refractivity contribution in [3.63, 3.8) is 0 Å². The molecule has 0 saturated carbocycles. The summed E-state index contributed by atoms with van der Waals surface area (Å²) in [6, 6.07) is 7.48. The first-order chi connectivity index (χ1) is 9.27. The molecule has 1 aromatic rings. The molecule has 0 aliphatic heterocycles. The Morgan fingerprint density at radius 1 is 1.11 bits per heavy atom. The fraction of sp³-hybridized carbons (Fsp3) is 0.533. The van der Waals surface area contributed by atoms with E-state index in [1.54, 1.807) is 0 Å². The third kappa shape index (κ3) is 6.25. The minimum atomic E-state index is -0.0917. The van der Waals surface area contributed by atoms with Gasteiger partial charge in [0.05, 0.1) is 0 Å². The van der Waals surface area contributed by atoms with Crippen molar-refractivity contribution >= 4 is 11.6 Å². The van der Waals surface area contributed by atoms with Gasteiger partial charge in [-0.25, -0.2) is 0 Å². The molecule has 0 heterocycles. The van der Waals surface area contributed by atoms with Crippen LogP contribution in [0.2, 0.25) is 0 Å². The zero-order valence-electron chi connectivity index (χ0n) is 11.6. The van der Waals surface area contributed by atoms with Crippen molar-refractivity contribution < 1.29 is 9.90 Å². The second-order valence-electron chi connectivity index (χ2n) is 4.54. The van der Waals surface area contributed by atoms with Crippen molar-refractivity contribution in [3.05, 3.63) is 29.8 Å². The van der Waals surface area contributed by atoms with Crippen LogP contribution in [0.25, 0.3) is 0 Å². The van der Waals surface area contributed by atoms with Crippen LogP contribution in [0.5, 0.6) is 0 Å². The lowest BCUT2D eigenvalue weighted by molar-refractivity contribution is 0.0951. The van der Waals surface area contributed by atoms with E-state index in [0.717, 1.165) is 12.2 Å². The van der Waals surface area contributed by atoms with E-state index in [0.29, 0.717) is 18.5 Å². The van der Waals surface area contributed by atoms with Crippen LogP contribution in [0, 0.1) is 0 Å². The molecule has 3 N–H and O–H groups in total. The van der Waals surface area contributed by atoms with Crippen LogP contribution in [-0.4, -0.2) is 30.7 Å². The highest BCUT2D eigenvalue weighted by atomic mass is 16.3. The number of hydrogen-bond donors (Lipinski definition) is 3. The maximum absolute atomic E-state index is 11.7. The van der Waals surface area contributed by atoms with Crippen LogP contribution in [0.1, 0.15) is 43.0 Å². The average molecular weight is 264 g/mol. The fourth-order valence-corrected chi connectivity index (χ4v) is 1.73. The molecule has 0 aliphatic carbocycles. The topological polar surface area (TPSA) is 61.4 Å². The van der Waals surface area contributed by atoms with E-state index >= 15 is 0 Å². The van der Waals surface area contributed by atoms with E-state index in [4.69, 9.17) is 5.11 Å². The molecule has 0 unspecified atom stereocenters. The Labute approximate surface area is 115 Å². The lowest BCUT2D eigenvalue weighted by atomic mass is 10.2. The first kappa shape index (κ1) is 15.5. The average Bonchev–Trinajstić information content (AvgIpc) is 2.44. The van der Waals surface area contributed by atoms with Gasteiger partial charge < -0.3 is 15.7 Å². The summed E-state index contributed by atoms with van der Waals surface area (Å²) in [5.41, 5.74) is 1.69. The molecule has 0 spiro atoms. The number of aliphatic hydroxyl groups excluding tert-OH is 1. The Morgan fingerprint density at radius 2 is 1.84 bits per heavy atom. The van der Waals surface area contributed by atoms with Crippen LogP contribution >= 0.6 is 0 Å². The summed E-state index contributed by atoms with van der Waals surface area (Å²) < 4.78 is 0. The van der Waals surface area contributed by atoms with Gasteiger partial charge >= 0.3 is 0 Å². The van der Waals surface area contributed by atoms with Crippen molar-refractivity contribution in [1.29, 1.82) is 0 Å². The normalized spacial score (nSPS) is 10.2. The number of hydrogen-bond acceptors (Lipinski definition) is 3. The number of amides is 1. The van der Waals surface area contributed by atoms with Crippen molar-refractivity contribution in [1.82, 2.24) is 5.32 Å². The van der Waals surface area contributed by atoms with Gasteiger partial charge in [-0.2, -0.15) is 0 Å². The molecule has 1 amide bonds. The zero-order chi connectivity index (χ0) is 13.9. The van der Waals surface area contributed by atoms with E-state index in [2.05, 4.69) is 17.6 Å². The van der Waals surface area contributed by atoms with E-state index in [-0.39, 0.29) is 12.5 Å². The Morgan fingerprint density at radius 3 is 2.47 bits per heavy atom. The molecule has 19 heavy (non-hydrogen) atoms. The lowest BCUT2D eigenvalue weighted by Gasteiger charge is -2.07. The molecule has 0 atom stereocenters. The molecule has 1 rings (SSSR count). The number of carbonyl (C=O) groups excluding carboxylic acids is 1. The molecule has 0 saturated heterocycles. The van der Waals surface area contributed by atoms with E-state index in [1.165, 1.54) is 19.3 Å². The van der Waals surface area contributed by atoms with Gasteiger partial charge in [-0.1, -0.05) is 19.8 Å². The maximum atomic E-state index is 11.7. The standard InChI is InChI=1S/C15H24N2O2/c1-2-3-4-10-16-14-8-6-13(7-9-14)15(19)17-11-5-12-18/h6-9,16,18H,2-5,10-12H2,1H3,(H,17,19). The number of benzene rings is 1. The SMILES string of the molecule is CCCCCNc1ccc(C(=O)NCCCO)cc1. The van der Waals surface area contributed by atoms with Gasteiger partial charge in [-0.3, -0.25) is 4.79 Å². The monoisotopic (exact) mass is 264 g/mol. The lowest BCUT2D eigenvalue weighted by Crippen LogP contribution is -2.24. The first-order valence-corrected chi connectivity index (χ1v) is 7.01. The second-order valence-corrected chi connectivity index (χ2v) is 4.54. The van der Waals surface area contributed by atoms with E-state index < -0.39 is 0 Å². The molecule has 0 aromatic heterocycles. The molecule has 0 fully saturated rings. The summed E-state index contributed by atoms with van der Waals surface area (Å²) in [5, 5.41) is 14.7. The van der Waals surface area contributed by atoms with Crippen molar-refractivity contribution in [2.24, 2.45) is 0 Å². The Hall–Kier alpha value is -1.55. The molecule has 4 heteroatoms. The largest absolute Gasteiger partial charge is 0.396 e. The Bertz CT molecular complexity index is 363. The van der Waals surface area contributed by atoms with Gasteiger partial charge in [-0.15, -0.1) is 0 Å². The predicted octanol–water partition coefficient (Wildman–Crippen LogP) is 2.40. The van der Waals surface area contributed by atoms with Crippen LogP contribution in [0.4, 0.5) is 5.69 Å². The molecule has 0 radical (unpaired) electrons. The maximum Gasteiger partial charge on any atom is 0.251 e. The number of nitrogens with one attached hydrogen (secondary N) is 2. The van der Waals surface area contributed by atoms with Crippen molar-refractivity contribution in [2.75, 3.05) is 25.0 Å². The van der Waals surface area contributed by atoms with E-state index in [1.807, 2.05) is 24.3 Å². The minimum absolute atomic E-state index is 0.0917. The molecule has 4 nitrogen and oxygen atoms in total. The molecule has 0 bridgehead atoms. The quantitative estimate of drug-likeness (QED) is 0.600. The Balaban J connectivity index is 2.36. The number of rotatable bonds is 9. The smallest absolute Gasteiger partial charge is 0.251 e. The Kier molecular flexibility index (Phi) is 7.66. The number of anilines is 1. The highest BCUT2D eigenvalue weighted by Gasteiger charge is 2.03. The van der Waals surface area contributed by atoms with Crippen LogP contribution in [-0.2, 0) is 0 Å². The summed E-state index contributed by atoms with van der Waals surface area (Å²) in [7, 11) is 0.